The molecule has 0 saturated heterocycles. The molecule has 2 N–H and O–H groups in total. The summed E-state index contributed by atoms with van der Waals surface area (Å²) in [4.78, 5) is 17.1. The van der Waals surface area contributed by atoms with Gasteiger partial charge in [-0.05, 0) is 82.6 Å². The second kappa shape index (κ2) is 18.8. The Hall–Kier alpha value is -3.57. The fourth-order valence-electron chi connectivity index (χ4n) is 3.68. The number of carbonyl (C=O) groups excluding carboxylic acids is 1. The summed E-state index contributed by atoms with van der Waals surface area (Å²) >= 11 is 12.3. The van der Waals surface area contributed by atoms with E-state index in [-0.39, 0.29) is 6.42 Å². The van der Waals surface area contributed by atoms with Crippen LogP contribution in [0.2, 0.25) is 0 Å². The number of hydrogen-bond acceptors (Lipinski definition) is 4. The van der Waals surface area contributed by atoms with Crippen LogP contribution >= 0.6 is 23.2 Å². The first kappa shape index (κ1) is 36.5. The largest absolute Gasteiger partial charge is 0.329 e. The van der Waals surface area contributed by atoms with Gasteiger partial charge in [0.25, 0.3) is 5.91 Å². The minimum atomic E-state index is -3.90. The molecule has 0 aromatic carbocycles. The lowest BCUT2D eigenvalue weighted by atomic mass is 9.92. The van der Waals surface area contributed by atoms with Crippen LogP contribution in [-0.2, 0) is 14.8 Å². The fraction of sp³-hybridized carbons (Fsp3) is 0.273. The molecular weight excluding hydrogens is 589 g/mol. The van der Waals surface area contributed by atoms with Gasteiger partial charge in [0.2, 0.25) is 10.0 Å². The highest BCUT2D eigenvalue weighted by atomic mass is 35.5. The molecule has 0 radical (unpaired) electrons. The number of allylic oxidation sites excluding steroid dienone is 12. The summed E-state index contributed by atoms with van der Waals surface area (Å²) in [6.45, 7) is 12.9. The van der Waals surface area contributed by atoms with E-state index in [2.05, 4.69) is 33.5 Å². The number of nitrogens with zero attached hydrogens (tertiary/aromatic N) is 1. The van der Waals surface area contributed by atoms with Gasteiger partial charge >= 0.3 is 0 Å². The Morgan fingerprint density at radius 3 is 2.62 bits per heavy atom. The van der Waals surface area contributed by atoms with Crippen molar-refractivity contribution in [2.24, 2.45) is 4.99 Å². The van der Waals surface area contributed by atoms with Gasteiger partial charge in [-0.2, -0.15) is 0 Å². The van der Waals surface area contributed by atoms with E-state index in [9.17, 15) is 13.2 Å². The Morgan fingerprint density at radius 1 is 1.26 bits per heavy atom. The fourth-order valence-corrected chi connectivity index (χ4v) is 5.55. The third kappa shape index (κ3) is 12.1. The van der Waals surface area contributed by atoms with Gasteiger partial charge in [-0.15, -0.1) is 0 Å². The summed E-state index contributed by atoms with van der Waals surface area (Å²) in [5.41, 5.74) is 2.72. The molecule has 1 aliphatic heterocycles. The Bertz CT molecular complexity index is 1460. The highest BCUT2D eigenvalue weighted by Crippen LogP contribution is 2.30. The molecule has 1 heterocycles. The maximum absolute atomic E-state index is 13.2. The lowest BCUT2D eigenvalue weighted by Crippen LogP contribution is -2.32. The first-order valence-corrected chi connectivity index (χ1v) is 15.7. The van der Waals surface area contributed by atoms with E-state index in [1.165, 1.54) is 18.4 Å². The van der Waals surface area contributed by atoms with Gasteiger partial charge in [-0.1, -0.05) is 85.0 Å². The quantitative estimate of drug-likeness (QED) is 0.112. The van der Waals surface area contributed by atoms with E-state index in [0.717, 1.165) is 23.1 Å². The second-order valence-corrected chi connectivity index (χ2v) is 11.6. The third-order valence-electron chi connectivity index (χ3n) is 5.93. The number of carbonyl (C=O) groups is 1. The summed E-state index contributed by atoms with van der Waals surface area (Å²) in [6.07, 6.45) is 23.9. The summed E-state index contributed by atoms with van der Waals surface area (Å²) in [6, 6.07) is 0. The van der Waals surface area contributed by atoms with Crippen molar-refractivity contribution in [1.29, 1.82) is 0 Å². The molecule has 1 rings (SSSR count). The van der Waals surface area contributed by atoms with Crippen LogP contribution in [0, 0.1) is 11.8 Å². The normalized spacial score (nSPS) is 19.6. The van der Waals surface area contributed by atoms with Gasteiger partial charge in [0.1, 0.15) is 10.8 Å². The van der Waals surface area contributed by atoms with Crippen LogP contribution in [0.4, 0.5) is 0 Å². The van der Waals surface area contributed by atoms with E-state index in [0.29, 0.717) is 16.3 Å². The molecule has 0 aromatic rings. The maximum atomic E-state index is 13.2. The van der Waals surface area contributed by atoms with Gasteiger partial charge in [0, 0.05) is 39.8 Å². The Labute approximate surface area is 261 Å². The number of hydrogen-bond donors (Lipinski definition) is 2. The van der Waals surface area contributed by atoms with Crippen molar-refractivity contribution in [2.75, 3.05) is 0 Å². The molecule has 224 valence electrons. The molecule has 0 spiro atoms. The van der Waals surface area contributed by atoms with Gasteiger partial charge < -0.3 is 5.32 Å². The van der Waals surface area contributed by atoms with Crippen molar-refractivity contribution in [2.45, 2.75) is 58.2 Å². The molecule has 1 aliphatic rings. The molecule has 0 saturated carbocycles. The standard InChI is InChI=1S/C33H39Cl2N3O3S/c1-7-15-27(9-3)25-28(16-8-2)38-42(40,41)29(20-22-34)19-18-26(5)32(39)36-23-14-17-31(35)30(10-4)33(6)21-12-11-13-24-37-33/h7-8,10-11,13-18,20,22-25,29,38H,2,9,19H2,1,3-6H3,(H,36,39)/b15-7+,22-20+,23-14+,26-18+,27-25+,28-16+,30-10+,31-17+. The molecule has 2 atom stereocenters. The topological polar surface area (TPSA) is 87.6 Å². The highest BCUT2D eigenvalue weighted by Gasteiger charge is 2.27. The van der Waals surface area contributed by atoms with E-state index in [4.69, 9.17) is 23.2 Å². The van der Waals surface area contributed by atoms with Crippen LogP contribution < -0.4 is 10.0 Å². The SMILES string of the molecule is C=C\C=C(/C=C(/C=C/C)CC)NS(=O)(=O)C(/C=C/Cl)C/C=C(\C)C(=O)N/C=C/C=C(Cl)\C(=C/C)C1(C)C#CC=CC=N1. The molecule has 0 aliphatic carbocycles. The second-order valence-electron chi connectivity index (χ2n) is 9.09. The van der Waals surface area contributed by atoms with E-state index in [1.807, 2.05) is 45.9 Å². The Morgan fingerprint density at radius 2 is 2.00 bits per heavy atom. The van der Waals surface area contributed by atoms with Crippen molar-refractivity contribution in [3.8, 4) is 11.8 Å². The summed E-state index contributed by atoms with van der Waals surface area (Å²) in [5, 5.41) is 2.06. The molecular formula is C33H39Cl2N3O3S. The van der Waals surface area contributed by atoms with Crippen LogP contribution in [0.15, 0.2) is 124 Å². The minimum absolute atomic E-state index is 0.0213. The summed E-state index contributed by atoms with van der Waals surface area (Å²) < 4.78 is 29.0. The van der Waals surface area contributed by atoms with Crippen molar-refractivity contribution >= 4 is 45.3 Å². The van der Waals surface area contributed by atoms with Gasteiger partial charge in [-0.3, -0.25) is 14.5 Å². The van der Waals surface area contributed by atoms with Crippen molar-refractivity contribution in [1.82, 2.24) is 10.0 Å². The van der Waals surface area contributed by atoms with Gasteiger partial charge in [0.05, 0.1) is 0 Å². The molecule has 0 fully saturated rings. The van der Waals surface area contributed by atoms with E-state index >= 15 is 0 Å². The summed E-state index contributed by atoms with van der Waals surface area (Å²) in [7, 11) is -3.90. The Kier molecular flexibility index (Phi) is 16.3. The van der Waals surface area contributed by atoms with Crippen LogP contribution in [0.1, 0.15) is 47.5 Å². The number of amides is 1. The molecule has 0 bridgehead atoms. The molecule has 9 heteroatoms. The predicted molar refractivity (Wildman–Crippen MR) is 179 cm³/mol. The zero-order chi connectivity index (χ0) is 31.6. The average molecular weight is 629 g/mol. The molecule has 2 unspecified atom stereocenters. The maximum Gasteiger partial charge on any atom is 0.250 e. The number of sulfonamides is 1. The zero-order valence-electron chi connectivity index (χ0n) is 24.7. The number of aliphatic imine (C=N–C) groups is 1. The van der Waals surface area contributed by atoms with Crippen LogP contribution in [-0.4, -0.2) is 31.3 Å². The molecule has 42 heavy (non-hydrogen) atoms. The smallest absolute Gasteiger partial charge is 0.250 e. The van der Waals surface area contributed by atoms with Crippen molar-refractivity contribution in [3.63, 3.8) is 0 Å². The summed E-state index contributed by atoms with van der Waals surface area (Å²) in [5.74, 6) is 5.63. The van der Waals surface area contributed by atoms with Crippen LogP contribution in [0.25, 0.3) is 0 Å². The van der Waals surface area contributed by atoms with Crippen LogP contribution in [0.3, 0.4) is 0 Å². The van der Waals surface area contributed by atoms with Crippen molar-refractivity contribution in [3.05, 3.63) is 119 Å². The lowest BCUT2D eigenvalue weighted by Gasteiger charge is -2.21. The van der Waals surface area contributed by atoms with E-state index < -0.39 is 26.7 Å². The number of nitrogens with one attached hydrogen (secondary N) is 2. The predicted octanol–water partition coefficient (Wildman–Crippen LogP) is 7.45. The Balaban J connectivity index is 2.99. The monoisotopic (exact) mass is 627 g/mol. The number of rotatable bonds is 15. The van der Waals surface area contributed by atoms with Crippen LogP contribution in [0.5, 0.6) is 0 Å². The average Bonchev–Trinajstić information content (AvgIpc) is 3.17. The van der Waals surface area contributed by atoms with Crippen molar-refractivity contribution < 1.29 is 13.2 Å². The lowest BCUT2D eigenvalue weighted by molar-refractivity contribution is -0.116. The minimum Gasteiger partial charge on any atom is -0.329 e. The van der Waals surface area contributed by atoms with E-state index in [1.54, 1.807) is 55.7 Å². The molecule has 6 nitrogen and oxygen atoms in total. The number of halogens is 2. The molecule has 1 amide bonds. The third-order valence-corrected chi connectivity index (χ3v) is 8.07. The molecule has 0 aromatic heterocycles. The first-order chi connectivity index (χ1) is 20.0. The van der Waals surface area contributed by atoms with Gasteiger partial charge in [-0.25, -0.2) is 8.42 Å². The first-order valence-electron chi connectivity index (χ1n) is 13.3. The van der Waals surface area contributed by atoms with Gasteiger partial charge in [0.15, 0.2) is 0 Å². The highest BCUT2D eigenvalue weighted by molar-refractivity contribution is 7.90. The zero-order valence-corrected chi connectivity index (χ0v) is 27.0.